The van der Waals surface area contributed by atoms with Crippen molar-refractivity contribution in [2.24, 2.45) is 0 Å². The lowest BCUT2D eigenvalue weighted by Gasteiger charge is -2.27. The Morgan fingerprint density at radius 3 is 2.74 bits per heavy atom. The number of carbonyl (C=O) groups is 2. The Bertz CT molecular complexity index is 897. The molecule has 2 aromatic carbocycles. The Balaban J connectivity index is 1.84. The topological polar surface area (TPSA) is 102 Å². The summed E-state index contributed by atoms with van der Waals surface area (Å²) < 4.78 is 5.14. The van der Waals surface area contributed by atoms with E-state index in [0.717, 1.165) is 12.8 Å². The lowest BCUT2D eigenvalue weighted by molar-refractivity contribution is -0.384. The van der Waals surface area contributed by atoms with Gasteiger partial charge in [0.1, 0.15) is 5.75 Å². The third-order valence-electron chi connectivity index (χ3n) is 4.38. The van der Waals surface area contributed by atoms with Gasteiger partial charge in [-0.25, -0.2) is 0 Å². The van der Waals surface area contributed by atoms with Crippen LogP contribution < -0.4 is 15.0 Å². The van der Waals surface area contributed by atoms with Gasteiger partial charge >= 0.3 is 0 Å². The molecule has 2 amide bonds. The maximum absolute atomic E-state index is 12.6. The summed E-state index contributed by atoms with van der Waals surface area (Å²) in [6.07, 6.45) is 2.34. The fourth-order valence-electron chi connectivity index (χ4n) is 3.02. The summed E-state index contributed by atoms with van der Waals surface area (Å²) in [5.74, 6) is -0.233. The van der Waals surface area contributed by atoms with E-state index >= 15 is 0 Å². The smallest absolute Gasteiger partial charge is 0.270 e. The predicted octanol–water partition coefficient (Wildman–Crippen LogP) is 3.37. The lowest BCUT2D eigenvalue weighted by atomic mass is 10.1. The van der Waals surface area contributed by atoms with Gasteiger partial charge < -0.3 is 15.0 Å². The van der Waals surface area contributed by atoms with Crippen LogP contribution in [0.15, 0.2) is 42.5 Å². The normalized spacial score (nSPS) is 14.0. The number of benzene rings is 2. The lowest BCUT2D eigenvalue weighted by Crippen LogP contribution is -2.35. The first-order chi connectivity index (χ1) is 13.0. The molecule has 0 aliphatic carbocycles. The molecule has 1 aliphatic heterocycles. The Labute approximate surface area is 155 Å². The summed E-state index contributed by atoms with van der Waals surface area (Å²) in [5.41, 5.74) is 1.06. The van der Waals surface area contributed by atoms with Crippen molar-refractivity contribution in [2.45, 2.75) is 19.3 Å². The van der Waals surface area contributed by atoms with E-state index < -0.39 is 10.8 Å². The number of amides is 2. The van der Waals surface area contributed by atoms with E-state index in [4.69, 9.17) is 4.74 Å². The fraction of sp³-hybridized carbons (Fsp3) is 0.263. The number of hydrogen-bond acceptors (Lipinski definition) is 5. The molecule has 0 aromatic heterocycles. The minimum atomic E-state index is -0.571. The second kappa shape index (κ2) is 7.86. The van der Waals surface area contributed by atoms with Gasteiger partial charge in [0.2, 0.25) is 5.91 Å². The van der Waals surface area contributed by atoms with Gasteiger partial charge in [0.15, 0.2) is 0 Å². The SMILES string of the molecule is COc1ccc([N+](=O)[O-])cc1C(=O)Nc1cccc(N2CCCCC2=O)c1. The first kappa shape index (κ1) is 18.4. The molecular formula is C19H19N3O5. The van der Waals surface area contributed by atoms with Crippen molar-refractivity contribution >= 4 is 28.9 Å². The van der Waals surface area contributed by atoms with Crippen LogP contribution in [-0.2, 0) is 4.79 Å². The van der Waals surface area contributed by atoms with Crippen molar-refractivity contribution in [3.63, 3.8) is 0 Å². The molecule has 0 saturated carbocycles. The van der Waals surface area contributed by atoms with E-state index in [9.17, 15) is 19.7 Å². The van der Waals surface area contributed by atoms with Gasteiger partial charge in [0, 0.05) is 36.5 Å². The van der Waals surface area contributed by atoms with Gasteiger partial charge in [-0.15, -0.1) is 0 Å². The second-order valence-electron chi connectivity index (χ2n) is 6.15. The number of methoxy groups -OCH3 is 1. The fourth-order valence-corrected chi connectivity index (χ4v) is 3.02. The molecule has 2 aromatic rings. The summed E-state index contributed by atoms with van der Waals surface area (Å²) in [6.45, 7) is 0.648. The van der Waals surface area contributed by atoms with Gasteiger partial charge in [-0.1, -0.05) is 6.07 Å². The Morgan fingerprint density at radius 1 is 1.22 bits per heavy atom. The van der Waals surface area contributed by atoms with Gasteiger partial charge in [-0.2, -0.15) is 0 Å². The number of nitrogens with one attached hydrogen (secondary N) is 1. The number of ether oxygens (including phenoxy) is 1. The zero-order valence-electron chi connectivity index (χ0n) is 14.8. The summed E-state index contributed by atoms with van der Waals surface area (Å²) >= 11 is 0. The molecule has 8 nitrogen and oxygen atoms in total. The molecule has 3 rings (SSSR count). The molecular weight excluding hydrogens is 350 g/mol. The Morgan fingerprint density at radius 2 is 2.04 bits per heavy atom. The summed E-state index contributed by atoms with van der Waals surface area (Å²) in [6, 6.07) is 10.8. The highest BCUT2D eigenvalue weighted by molar-refractivity contribution is 6.07. The summed E-state index contributed by atoms with van der Waals surface area (Å²) in [4.78, 5) is 36.8. The van der Waals surface area contributed by atoms with E-state index in [2.05, 4.69) is 5.32 Å². The van der Waals surface area contributed by atoms with Crippen molar-refractivity contribution in [1.82, 2.24) is 0 Å². The van der Waals surface area contributed by atoms with E-state index in [1.807, 2.05) is 6.07 Å². The molecule has 0 radical (unpaired) electrons. The number of nitrogens with zero attached hydrogens (tertiary/aromatic N) is 2. The highest BCUT2D eigenvalue weighted by Gasteiger charge is 2.21. The summed E-state index contributed by atoms with van der Waals surface area (Å²) in [5, 5.41) is 13.7. The van der Waals surface area contributed by atoms with Crippen molar-refractivity contribution in [2.75, 3.05) is 23.9 Å². The average molecular weight is 369 g/mol. The molecule has 1 heterocycles. The van der Waals surface area contributed by atoms with Crippen LogP contribution in [0.4, 0.5) is 17.1 Å². The predicted molar refractivity (Wildman–Crippen MR) is 100 cm³/mol. The van der Waals surface area contributed by atoms with E-state index in [1.165, 1.54) is 25.3 Å². The van der Waals surface area contributed by atoms with Crippen LogP contribution in [0.5, 0.6) is 5.75 Å². The number of nitro benzene ring substituents is 1. The monoisotopic (exact) mass is 369 g/mol. The molecule has 1 saturated heterocycles. The Kier molecular flexibility index (Phi) is 5.35. The van der Waals surface area contributed by atoms with Crippen molar-refractivity contribution < 1.29 is 19.2 Å². The van der Waals surface area contributed by atoms with Gasteiger partial charge in [-0.05, 0) is 37.1 Å². The van der Waals surface area contributed by atoms with E-state index in [0.29, 0.717) is 24.3 Å². The van der Waals surface area contributed by atoms with Gasteiger partial charge in [0.05, 0.1) is 17.6 Å². The standard InChI is InChI=1S/C19H19N3O5/c1-27-17-9-8-15(22(25)26)12-16(17)19(24)20-13-5-4-6-14(11-13)21-10-3-2-7-18(21)23/h4-6,8-9,11-12H,2-3,7,10H2,1H3,(H,20,24). The molecule has 0 spiro atoms. The number of rotatable bonds is 5. The second-order valence-corrected chi connectivity index (χ2v) is 6.15. The van der Waals surface area contributed by atoms with Crippen LogP contribution >= 0.6 is 0 Å². The van der Waals surface area contributed by atoms with E-state index in [1.54, 1.807) is 23.1 Å². The van der Waals surface area contributed by atoms with Gasteiger partial charge in [0.25, 0.3) is 11.6 Å². The molecule has 1 N–H and O–H groups in total. The van der Waals surface area contributed by atoms with Crippen LogP contribution in [-0.4, -0.2) is 30.4 Å². The molecule has 1 fully saturated rings. The number of carbonyl (C=O) groups excluding carboxylic acids is 2. The van der Waals surface area contributed by atoms with Gasteiger partial charge in [-0.3, -0.25) is 19.7 Å². The van der Waals surface area contributed by atoms with Crippen molar-refractivity contribution in [3.8, 4) is 5.75 Å². The molecule has 140 valence electrons. The third kappa shape index (κ3) is 4.05. The van der Waals surface area contributed by atoms with Crippen LogP contribution in [0.1, 0.15) is 29.6 Å². The number of anilines is 2. The number of nitro groups is 1. The van der Waals surface area contributed by atoms with Crippen LogP contribution in [0.3, 0.4) is 0 Å². The maximum Gasteiger partial charge on any atom is 0.270 e. The first-order valence-corrected chi connectivity index (χ1v) is 8.54. The molecule has 27 heavy (non-hydrogen) atoms. The maximum atomic E-state index is 12.6. The Hall–Kier alpha value is -3.42. The van der Waals surface area contributed by atoms with Crippen LogP contribution in [0.2, 0.25) is 0 Å². The highest BCUT2D eigenvalue weighted by Crippen LogP contribution is 2.27. The molecule has 0 bridgehead atoms. The van der Waals surface area contributed by atoms with Crippen molar-refractivity contribution in [3.05, 3.63) is 58.1 Å². The minimum absolute atomic E-state index is 0.0603. The summed E-state index contributed by atoms with van der Waals surface area (Å²) in [7, 11) is 1.39. The number of hydrogen-bond donors (Lipinski definition) is 1. The highest BCUT2D eigenvalue weighted by atomic mass is 16.6. The largest absolute Gasteiger partial charge is 0.496 e. The number of piperidine rings is 1. The number of non-ortho nitro benzene ring substituents is 1. The molecule has 0 unspecified atom stereocenters. The third-order valence-corrected chi connectivity index (χ3v) is 4.38. The van der Waals surface area contributed by atoms with Crippen LogP contribution in [0, 0.1) is 10.1 Å². The molecule has 1 aliphatic rings. The molecule has 0 atom stereocenters. The van der Waals surface area contributed by atoms with E-state index in [-0.39, 0.29) is 22.9 Å². The minimum Gasteiger partial charge on any atom is -0.496 e. The first-order valence-electron chi connectivity index (χ1n) is 8.54. The quantitative estimate of drug-likeness (QED) is 0.643. The van der Waals surface area contributed by atoms with Crippen molar-refractivity contribution in [1.29, 1.82) is 0 Å². The average Bonchev–Trinajstić information content (AvgIpc) is 2.68. The molecule has 8 heteroatoms. The van der Waals surface area contributed by atoms with Crippen LogP contribution in [0.25, 0.3) is 0 Å². The zero-order valence-corrected chi connectivity index (χ0v) is 14.8. The zero-order chi connectivity index (χ0) is 19.4.